The SMILES string of the molecule is CC(C)CC(=O)N(CCC(=O)Nc1nnc(-c2cccc(Cl)c2)s1)C1CCCCC1. The van der Waals surface area contributed by atoms with Gasteiger partial charge in [0.15, 0.2) is 0 Å². The Morgan fingerprint density at radius 3 is 2.70 bits per heavy atom. The number of carbonyl (C=O) groups is 2. The van der Waals surface area contributed by atoms with Crippen molar-refractivity contribution in [3.8, 4) is 10.6 Å². The molecule has 1 heterocycles. The largest absolute Gasteiger partial charge is 0.339 e. The maximum Gasteiger partial charge on any atom is 0.227 e. The van der Waals surface area contributed by atoms with Crippen molar-refractivity contribution < 1.29 is 9.59 Å². The summed E-state index contributed by atoms with van der Waals surface area (Å²) in [5.74, 6) is 0.314. The number of benzene rings is 1. The van der Waals surface area contributed by atoms with E-state index in [1.807, 2.05) is 23.1 Å². The van der Waals surface area contributed by atoms with Crippen LogP contribution in [0.15, 0.2) is 24.3 Å². The first-order valence-electron chi connectivity index (χ1n) is 10.6. The third-order valence-corrected chi connectivity index (χ3v) is 6.36. The van der Waals surface area contributed by atoms with E-state index in [2.05, 4.69) is 29.4 Å². The van der Waals surface area contributed by atoms with Gasteiger partial charge in [0.05, 0.1) is 0 Å². The van der Waals surface area contributed by atoms with Gasteiger partial charge in [0.25, 0.3) is 0 Å². The van der Waals surface area contributed by atoms with E-state index in [4.69, 9.17) is 11.6 Å². The third-order valence-electron chi connectivity index (χ3n) is 5.24. The lowest BCUT2D eigenvalue weighted by Crippen LogP contribution is -2.43. The Bertz CT molecular complexity index is 864. The predicted molar refractivity (Wildman–Crippen MR) is 122 cm³/mol. The molecule has 1 aromatic carbocycles. The fourth-order valence-electron chi connectivity index (χ4n) is 3.79. The Morgan fingerprint density at radius 1 is 1.23 bits per heavy atom. The molecular formula is C22H29ClN4O2S. The molecule has 2 aromatic rings. The van der Waals surface area contributed by atoms with Gasteiger partial charge >= 0.3 is 0 Å². The van der Waals surface area contributed by atoms with Gasteiger partial charge < -0.3 is 10.2 Å². The van der Waals surface area contributed by atoms with Crippen LogP contribution in [0.4, 0.5) is 5.13 Å². The van der Waals surface area contributed by atoms with Gasteiger partial charge in [0, 0.05) is 36.0 Å². The predicted octanol–water partition coefficient (Wildman–Crippen LogP) is 5.39. The highest BCUT2D eigenvalue weighted by Gasteiger charge is 2.26. The van der Waals surface area contributed by atoms with Crippen molar-refractivity contribution in [2.45, 2.75) is 64.8 Å². The molecule has 0 radical (unpaired) electrons. The second kappa shape index (κ2) is 10.9. The van der Waals surface area contributed by atoms with Crippen molar-refractivity contribution in [2.75, 3.05) is 11.9 Å². The molecule has 1 aliphatic carbocycles. The first-order valence-corrected chi connectivity index (χ1v) is 11.8. The van der Waals surface area contributed by atoms with Crippen molar-refractivity contribution in [3.05, 3.63) is 29.3 Å². The Hall–Kier alpha value is -1.99. The van der Waals surface area contributed by atoms with Gasteiger partial charge in [-0.1, -0.05) is 68.2 Å². The summed E-state index contributed by atoms with van der Waals surface area (Å²) in [7, 11) is 0. The molecule has 1 aliphatic rings. The van der Waals surface area contributed by atoms with E-state index in [9.17, 15) is 9.59 Å². The molecule has 0 spiro atoms. The normalized spacial score (nSPS) is 14.7. The molecule has 0 bridgehead atoms. The smallest absolute Gasteiger partial charge is 0.227 e. The molecule has 1 aromatic heterocycles. The molecule has 0 saturated heterocycles. The van der Waals surface area contributed by atoms with Crippen molar-refractivity contribution >= 4 is 39.9 Å². The van der Waals surface area contributed by atoms with E-state index < -0.39 is 0 Å². The van der Waals surface area contributed by atoms with Crippen molar-refractivity contribution in [2.24, 2.45) is 5.92 Å². The number of halogens is 1. The standard InChI is InChI=1S/C22H29ClN4O2S/c1-15(2)13-20(29)27(18-9-4-3-5-10-18)12-11-19(28)24-22-26-25-21(30-22)16-7-6-8-17(23)14-16/h6-8,14-15,18H,3-5,9-13H2,1-2H3,(H,24,26,28). The second-order valence-electron chi connectivity index (χ2n) is 8.20. The van der Waals surface area contributed by atoms with Crippen LogP contribution in [0.5, 0.6) is 0 Å². The number of hydrogen-bond donors (Lipinski definition) is 1. The lowest BCUT2D eigenvalue weighted by Gasteiger charge is -2.35. The topological polar surface area (TPSA) is 75.2 Å². The van der Waals surface area contributed by atoms with Crippen LogP contribution < -0.4 is 5.32 Å². The van der Waals surface area contributed by atoms with Crippen LogP contribution >= 0.6 is 22.9 Å². The fraction of sp³-hybridized carbons (Fsp3) is 0.545. The molecule has 6 nitrogen and oxygen atoms in total. The van der Waals surface area contributed by atoms with E-state index in [1.54, 1.807) is 6.07 Å². The molecule has 2 amide bonds. The van der Waals surface area contributed by atoms with E-state index in [1.165, 1.54) is 17.8 Å². The molecule has 1 saturated carbocycles. The third kappa shape index (κ3) is 6.51. The average molecular weight is 449 g/mol. The Balaban J connectivity index is 1.58. The van der Waals surface area contributed by atoms with E-state index in [0.717, 1.165) is 31.2 Å². The Labute approximate surface area is 187 Å². The van der Waals surface area contributed by atoms with Crippen LogP contribution in [0.2, 0.25) is 5.02 Å². The van der Waals surface area contributed by atoms with Crippen LogP contribution in [0, 0.1) is 5.92 Å². The number of nitrogens with one attached hydrogen (secondary N) is 1. The molecule has 8 heteroatoms. The van der Waals surface area contributed by atoms with Crippen molar-refractivity contribution in [3.63, 3.8) is 0 Å². The summed E-state index contributed by atoms with van der Waals surface area (Å²) in [4.78, 5) is 27.2. The van der Waals surface area contributed by atoms with E-state index in [-0.39, 0.29) is 24.3 Å². The summed E-state index contributed by atoms with van der Waals surface area (Å²) in [6.45, 7) is 4.55. The quantitative estimate of drug-likeness (QED) is 0.587. The molecule has 0 atom stereocenters. The fourth-order valence-corrected chi connectivity index (χ4v) is 4.73. The Kier molecular flexibility index (Phi) is 8.22. The van der Waals surface area contributed by atoms with Crippen LogP contribution in [-0.2, 0) is 9.59 Å². The van der Waals surface area contributed by atoms with Gasteiger partial charge in [0.2, 0.25) is 16.9 Å². The number of rotatable bonds is 8. The first-order chi connectivity index (χ1) is 14.4. The minimum Gasteiger partial charge on any atom is -0.339 e. The molecule has 1 N–H and O–H groups in total. The highest BCUT2D eigenvalue weighted by atomic mass is 35.5. The maximum absolute atomic E-state index is 12.8. The minimum atomic E-state index is -0.151. The highest BCUT2D eigenvalue weighted by Crippen LogP contribution is 2.28. The minimum absolute atomic E-state index is 0.151. The van der Waals surface area contributed by atoms with Crippen molar-refractivity contribution in [1.29, 1.82) is 0 Å². The second-order valence-corrected chi connectivity index (χ2v) is 9.61. The number of anilines is 1. The molecule has 162 valence electrons. The number of amides is 2. The summed E-state index contributed by atoms with van der Waals surface area (Å²) >= 11 is 7.34. The first kappa shape index (κ1) is 22.7. The molecule has 0 unspecified atom stereocenters. The lowest BCUT2D eigenvalue weighted by molar-refractivity contribution is -0.135. The molecule has 1 fully saturated rings. The van der Waals surface area contributed by atoms with Crippen LogP contribution in [0.3, 0.4) is 0 Å². The van der Waals surface area contributed by atoms with Crippen LogP contribution in [0.25, 0.3) is 10.6 Å². The molecular weight excluding hydrogens is 420 g/mol. The van der Waals surface area contributed by atoms with E-state index >= 15 is 0 Å². The lowest BCUT2D eigenvalue weighted by atomic mass is 9.93. The van der Waals surface area contributed by atoms with Crippen LogP contribution in [-0.4, -0.2) is 39.5 Å². The summed E-state index contributed by atoms with van der Waals surface area (Å²) in [5.41, 5.74) is 0.864. The molecule has 3 rings (SSSR count). The van der Waals surface area contributed by atoms with Gasteiger partial charge in [-0.25, -0.2) is 0 Å². The molecule has 0 aliphatic heterocycles. The van der Waals surface area contributed by atoms with Gasteiger partial charge in [0.1, 0.15) is 5.01 Å². The summed E-state index contributed by atoms with van der Waals surface area (Å²) in [5, 5.41) is 12.8. The monoisotopic (exact) mass is 448 g/mol. The van der Waals surface area contributed by atoms with Gasteiger partial charge in [-0.3, -0.25) is 9.59 Å². The van der Waals surface area contributed by atoms with Gasteiger partial charge in [-0.2, -0.15) is 0 Å². The zero-order valence-electron chi connectivity index (χ0n) is 17.6. The highest BCUT2D eigenvalue weighted by molar-refractivity contribution is 7.18. The van der Waals surface area contributed by atoms with Crippen LogP contribution in [0.1, 0.15) is 58.8 Å². The van der Waals surface area contributed by atoms with Gasteiger partial charge in [-0.15, -0.1) is 10.2 Å². The average Bonchev–Trinajstić information content (AvgIpc) is 3.17. The molecule has 30 heavy (non-hydrogen) atoms. The zero-order chi connectivity index (χ0) is 21.5. The van der Waals surface area contributed by atoms with Gasteiger partial charge in [-0.05, 0) is 30.9 Å². The summed E-state index contributed by atoms with van der Waals surface area (Å²) < 4.78 is 0. The van der Waals surface area contributed by atoms with Crippen molar-refractivity contribution in [1.82, 2.24) is 15.1 Å². The van der Waals surface area contributed by atoms with E-state index in [0.29, 0.717) is 34.0 Å². The Morgan fingerprint density at radius 2 is 2.00 bits per heavy atom. The number of carbonyl (C=O) groups excluding carboxylic acids is 2. The number of nitrogens with zero attached hydrogens (tertiary/aromatic N) is 3. The summed E-state index contributed by atoms with van der Waals surface area (Å²) in [6.07, 6.45) is 6.38. The maximum atomic E-state index is 12.8. The summed E-state index contributed by atoms with van der Waals surface area (Å²) in [6, 6.07) is 7.63. The number of aromatic nitrogens is 2. The number of hydrogen-bond acceptors (Lipinski definition) is 5. The zero-order valence-corrected chi connectivity index (χ0v) is 19.1.